The molecule has 0 aliphatic heterocycles. The van der Waals surface area contributed by atoms with E-state index in [9.17, 15) is 8.42 Å². The largest absolute Gasteiger partial charge is 0.268 e. The average molecular weight is 243 g/mol. The maximum absolute atomic E-state index is 11.8. The average Bonchev–Trinajstić information content (AvgIpc) is 2.70. The number of nitrogens with one attached hydrogen (secondary N) is 2. The van der Waals surface area contributed by atoms with E-state index in [-0.39, 0.29) is 5.75 Å². The summed E-state index contributed by atoms with van der Waals surface area (Å²) >= 11 is 0. The SMILES string of the molecule is O=S(=O)(CC1CCCCC1)Nc1ccn[nH]1. The summed E-state index contributed by atoms with van der Waals surface area (Å²) in [5.41, 5.74) is 0. The second-order valence-corrected chi connectivity index (χ2v) is 6.12. The van der Waals surface area contributed by atoms with Crippen LogP contribution < -0.4 is 4.72 Å². The molecule has 0 spiro atoms. The molecule has 0 saturated heterocycles. The third kappa shape index (κ3) is 3.23. The van der Waals surface area contributed by atoms with Crippen LogP contribution in [0.3, 0.4) is 0 Å². The Labute approximate surface area is 95.7 Å². The predicted octanol–water partition coefficient (Wildman–Crippen LogP) is 1.73. The summed E-state index contributed by atoms with van der Waals surface area (Å²) < 4.78 is 26.1. The van der Waals surface area contributed by atoms with Gasteiger partial charge in [-0.05, 0) is 18.8 Å². The van der Waals surface area contributed by atoms with Crippen LogP contribution in [-0.4, -0.2) is 24.4 Å². The van der Waals surface area contributed by atoms with Crippen molar-refractivity contribution in [2.45, 2.75) is 32.1 Å². The molecule has 0 radical (unpaired) electrons. The van der Waals surface area contributed by atoms with E-state index >= 15 is 0 Å². The third-order valence-electron chi connectivity index (χ3n) is 2.95. The van der Waals surface area contributed by atoms with Gasteiger partial charge in [0.2, 0.25) is 10.0 Å². The Morgan fingerprint density at radius 3 is 2.75 bits per heavy atom. The lowest BCUT2D eigenvalue weighted by atomic mass is 9.91. The molecule has 5 nitrogen and oxygen atoms in total. The first kappa shape index (κ1) is 11.4. The van der Waals surface area contributed by atoms with Crippen molar-refractivity contribution in [3.05, 3.63) is 12.3 Å². The van der Waals surface area contributed by atoms with Crippen LogP contribution in [0.4, 0.5) is 5.82 Å². The van der Waals surface area contributed by atoms with Gasteiger partial charge < -0.3 is 0 Å². The zero-order valence-corrected chi connectivity index (χ0v) is 9.96. The summed E-state index contributed by atoms with van der Waals surface area (Å²) in [7, 11) is -3.23. The van der Waals surface area contributed by atoms with Gasteiger partial charge in [0.25, 0.3) is 0 Å². The Balaban J connectivity index is 1.92. The Morgan fingerprint density at radius 2 is 2.12 bits per heavy atom. The van der Waals surface area contributed by atoms with Crippen LogP contribution in [0.15, 0.2) is 12.3 Å². The number of hydrogen-bond acceptors (Lipinski definition) is 3. The molecule has 6 heteroatoms. The van der Waals surface area contributed by atoms with E-state index in [2.05, 4.69) is 14.9 Å². The van der Waals surface area contributed by atoms with E-state index in [1.54, 1.807) is 6.07 Å². The van der Waals surface area contributed by atoms with Crippen LogP contribution in [0.1, 0.15) is 32.1 Å². The number of rotatable bonds is 4. The highest BCUT2D eigenvalue weighted by Crippen LogP contribution is 2.25. The van der Waals surface area contributed by atoms with Gasteiger partial charge in [-0.25, -0.2) is 8.42 Å². The number of hydrogen-bond donors (Lipinski definition) is 2. The molecule has 90 valence electrons. The van der Waals surface area contributed by atoms with E-state index in [1.807, 2.05) is 0 Å². The molecule has 0 aromatic carbocycles. The van der Waals surface area contributed by atoms with Crippen molar-refractivity contribution < 1.29 is 8.42 Å². The lowest BCUT2D eigenvalue weighted by molar-refractivity contribution is 0.385. The second kappa shape index (κ2) is 4.86. The van der Waals surface area contributed by atoms with Gasteiger partial charge in [0.15, 0.2) is 0 Å². The molecular weight excluding hydrogens is 226 g/mol. The quantitative estimate of drug-likeness (QED) is 0.845. The number of nitrogens with zero attached hydrogens (tertiary/aromatic N) is 1. The van der Waals surface area contributed by atoms with Gasteiger partial charge in [0.1, 0.15) is 5.82 Å². The topological polar surface area (TPSA) is 74.8 Å². The molecule has 0 unspecified atom stereocenters. The molecule has 1 aliphatic carbocycles. The van der Waals surface area contributed by atoms with Crippen LogP contribution in [0.5, 0.6) is 0 Å². The molecule has 2 N–H and O–H groups in total. The van der Waals surface area contributed by atoms with Crippen molar-refractivity contribution >= 4 is 15.8 Å². The second-order valence-electron chi connectivity index (χ2n) is 4.36. The Hall–Kier alpha value is -1.04. The molecule has 1 heterocycles. The van der Waals surface area contributed by atoms with Crippen LogP contribution >= 0.6 is 0 Å². The smallest absolute Gasteiger partial charge is 0.234 e. The number of aromatic amines is 1. The molecular formula is C10H17N3O2S. The van der Waals surface area contributed by atoms with Crippen molar-refractivity contribution in [1.29, 1.82) is 0 Å². The zero-order chi connectivity index (χ0) is 11.4. The van der Waals surface area contributed by atoms with Crippen molar-refractivity contribution in [2.24, 2.45) is 5.92 Å². The molecule has 0 atom stereocenters. The molecule has 0 amide bonds. The summed E-state index contributed by atoms with van der Waals surface area (Å²) in [6.45, 7) is 0. The van der Waals surface area contributed by atoms with E-state index in [0.29, 0.717) is 11.7 Å². The van der Waals surface area contributed by atoms with Gasteiger partial charge in [-0.15, -0.1) is 0 Å². The van der Waals surface area contributed by atoms with E-state index in [1.165, 1.54) is 12.6 Å². The first-order valence-corrected chi connectivity index (χ1v) is 7.31. The summed E-state index contributed by atoms with van der Waals surface area (Å²) in [4.78, 5) is 0. The normalized spacial score (nSPS) is 18.5. The molecule has 1 saturated carbocycles. The maximum Gasteiger partial charge on any atom is 0.234 e. The molecule has 16 heavy (non-hydrogen) atoms. The van der Waals surface area contributed by atoms with Gasteiger partial charge >= 0.3 is 0 Å². The van der Waals surface area contributed by atoms with Crippen molar-refractivity contribution in [3.8, 4) is 0 Å². The standard InChI is InChI=1S/C10H17N3O2S/c14-16(15,13-10-6-7-11-12-10)8-9-4-2-1-3-5-9/h6-7,9H,1-5,8H2,(H2,11,12,13). The maximum atomic E-state index is 11.8. The highest BCUT2D eigenvalue weighted by atomic mass is 32.2. The minimum atomic E-state index is -3.23. The Bertz CT molecular complexity index is 407. The van der Waals surface area contributed by atoms with E-state index in [0.717, 1.165) is 25.7 Å². The Morgan fingerprint density at radius 1 is 1.38 bits per heavy atom. The molecule has 2 rings (SSSR count). The third-order valence-corrected chi connectivity index (χ3v) is 4.39. The fourth-order valence-electron chi connectivity index (χ4n) is 2.19. The van der Waals surface area contributed by atoms with Crippen LogP contribution in [0.2, 0.25) is 0 Å². The van der Waals surface area contributed by atoms with Gasteiger partial charge in [0, 0.05) is 6.07 Å². The summed E-state index contributed by atoms with van der Waals surface area (Å²) in [6, 6.07) is 1.61. The number of sulfonamides is 1. The fraction of sp³-hybridized carbons (Fsp3) is 0.700. The molecule has 1 aliphatic rings. The van der Waals surface area contributed by atoms with E-state index in [4.69, 9.17) is 0 Å². The lowest BCUT2D eigenvalue weighted by Crippen LogP contribution is -2.24. The van der Waals surface area contributed by atoms with Crippen molar-refractivity contribution in [3.63, 3.8) is 0 Å². The van der Waals surface area contributed by atoms with E-state index < -0.39 is 10.0 Å². The lowest BCUT2D eigenvalue weighted by Gasteiger charge is -2.21. The minimum absolute atomic E-state index is 0.228. The van der Waals surface area contributed by atoms with Crippen LogP contribution in [0.25, 0.3) is 0 Å². The van der Waals surface area contributed by atoms with Gasteiger partial charge in [0.05, 0.1) is 11.9 Å². The molecule has 0 bridgehead atoms. The first-order chi connectivity index (χ1) is 7.66. The summed E-state index contributed by atoms with van der Waals surface area (Å²) in [5, 5.41) is 6.29. The van der Waals surface area contributed by atoms with Gasteiger partial charge in [-0.1, -0.05) is 19.3 Å². The van der Waals surface area contributed by atoms with Gasteiger partial charge in [-0.3, -0.25) is 9.82 Å². The highest BCUT2D eigenvalue weighted by Gasteiger charge is 2.21. The highest BCUT2D eigenvalue weighted by molar-refractivity contribution is 7.92. The van der Waals surface area contributed by atoms with Gasteiger partial charge in [-0.2, -0.15) is 5.10 Å². The zero-order valence-electron chi connectivity index (χ0n) is 9.15. The summed E-state index contributed by atoms with van der Waals surface area (Å²) in [5.74, 6) is 0.983. The number of aromatic nitrogens is 2. The van der Waals surface area contributed by atoms with Crippen molar-refractivity contribution in [1.82, 2.24) is 10.2 Å². The molecule has 1 aromatic heterocycles. The Kier molecular flexibility index (Phi) is 3.48. The minimum Gasteiger partial charge on any atom is -0.268 e. The number of H-pyrrole nitrogens is 1. The van der Waals surface area contributed by atoms with Crippen molar-refractivity contribution in [2.75, 3.05) is 10.5 Å². The summed E-state index contributed by atoms with van der Waals surface area (Å²) in [6.07, 6.45) is 7.14. The predicted molar refractivity (Wildman–Crippen MR) is 62.6 cm³/mol. The van der Waals surface area contributed by atoms with Crippen LogP contribution in [-0.2, 0) is 10.0 Å². The first-order valence-electron chi connectivity index (χ1n) is 5.65. The number of anilines is 1. The molecule has 1 fully saturated rings. The van der Waals surface area contributed by atoms with Crippen LogP contribution in [0, 0.1) is 5.92 Å². The fourth-order valence-corrected chi connectivity index (χ4v) is 3.67. The monoisotopic (exact) mass is 243 g/mol. The molecule has 1 aromatic rings.